The summed E-state index contributed by atoms with van der Waals surface area (Å²) in [5.41, 5.74) is 2.42. The Hall–Kier alpha value is -2.58. The summed E-state index contributed by atoms with van der Waals surface area (Å²) in [4.78, 5) is 27.6. The highest BCUT2D eigenvalue weighted by Crippen LogP contribution is 2.22. The highest BCUT2D eigenvalue weighted by atomic mass is 35.5. The van der Waals surface area contributed by atoms with Gasteiger partial charge in [0.25, 0.3) is 0 Å². The van der Waals surface area contributed by atoms with Gasteiger partial charge in [0.15, 0.2) is 0 Å². The van der Waals surface area contributed by atoms with Crippen LogP contribution in [0.25, 0.3) is 0 Å². The number of amides is 2. The van der Waals surface area contributed by atoms with Crippen LogP contribution in [0.1, 0.15) is 51.7 Å². The molecule has 198 valence electrons. The van der Waals surface area contributed by atoms with Crippen LogP contribution in [0.4, 0.5) is 5.69 Å². The Bertz CT molecular complexity index is 1120. The Morgan fingerprint density at radius 3 is 2.22 bits per heavy atom. The van der Waals surface area contributed by atoms with Crippen molar-refractivity contribution in [3.05, 3.63) is 64.7 Å². The fraction of sp³-hybridized carbons (Fsp3) is 0.481. The van der Waals surface area contributed by atoms with Gasteiger partial charge < -0.3 is 10.2 Å². The van der Waals surface area contributed by atoms with E-state index in [2.05, 4.69) is 5.32 Å². The van der Waals surface area contributed by atoms with Gasteiger partial charge in [-0.05, 0) is 55.0 Å². The van der Waals surface area contributed by atoms with Crippen LogP contribution in [0.3, 0.4) is 0 Å². The zero-order valence-corrected chi connectivity index (χ0v) is 23.4. The molecule has 2 amide bonds. The van der Waals surface area contributed by atoms with Crippen LogP contribution in [0.2, 0.25) is 5.02 Å². The zero-order chi connectivity index (χ0) is 26.9. The topological polar surface area (TPSA) is 86.8 Å². The number of anilines is 1. The van der Waals surface area contributed by atoms with Gasteiger partial charge in [0.05, 0.1) is 11.9 Å². The molecule has 0 saturated heterocycles. The molecule has 9 heteroatoms. The molecule has 0 aromatic heterocycles. The Morgan fingerprint density at radius 1 is 1.03 bits per heavy atom. The Balaban J connectivity index is 2.16. The van der Waals surface area contributed by atoms with E-state index in [4.69, 9.17) is 11.6 Å². The maximum absolute atomic E-state index is 13.3. The SMILES string of the molecule is CCc1ccc(N(CCCC(=O)N(Cc2ccccc2Cl)[C@@H](C)C(=O)NCC(C)C)S(C)(=O)=O)cc1. The van der Waals surface area contributed by atoms with E-state index in [-0.39, 0.29) is 37.2 Å². The zero-order valence-electron chi connectivity index (χ0n) is 21.8. The molecule has 0 spiro atoms. The van der Waals surface area contributed by atoms with E-state index in [9.17, 15) is 18.0 Å². The molecular weight excluding hydrogens is 498 g/mol. The van der Waals surface area contributed by atoms with E-state index in [1.165, 1.54) is 9.21 Å². The number of aryl methyl sites for hydroxylation is 1. The average Bonchev–Trinajstić information content (AvgIpc) is 2.83. The molecule has 0 radical (unpaired) electrons. The number of hydrogen-bond donors (Lipinski definition) is 1. The largest absolute Gasteiger partial charge is 0.354 e. The van der Waals surface area contributed by atoms with Gasteiger partial charge in [-0.2, -0.15) is 0 Å². The molecule has 0 aliphatic rings. The number of benzene rings is 2. The lowest BCUT2D eigenvalue weighted by Crippen LogP contribution is -2.48. The third-order valence-corrected chi connectivity index (χ3v) is 7.50. The molecule has 1 atom stereocenters. The van der Waals surface area contributed by atoms with Gasteiger partial charge in [-0.15, -0.1) is 0 Å². The number of nitrogens with one attached hydrogen (secondary N) is 1. The van der Waals surface area contributed by atoms with E-state index in [1.807, 2.05) is 51.1 Å². The fourth-order valence-electron chi connectivity index (χ4n) is 3.75. The number of rotatable bonds is 13. The molecule has 0 unspecified atom stereocenters. The first-order valence-corrected chi connectivity index (χ1v) is 14.5. The molecule has 0 fully saturated rings. The van der Waals surface area contributed by atoms with Gasteiger partial charge in [0, 0.05) is 31.1 Å². The predicted molar refractivity (Wildman–Crippen MR) is 147 cm³/mol. The van der Waals surface area contributed by atoms with Gasteiger partial charge in [0.1, 0.15) is 6.04 Å². The summed E-state index contributed by atoms with van der Waals surface area (Å²) in [6, 6.07) is 13.9. The number of nitrogens with zero attached hydrogens (tertiary/aromatic N) is 2. The first-order chi connectivity index (χ1) is 16.9. The minimum atomic E-state index is -3.53. The minimum Gasteiger partial charge on any atom is -0.354 e. The van der Waals surface area contributed by atoms with Crippen molar-refractivity contribution in [2.24, 2.45) is 5.92 Å². The average molecular weight is 536 g/mol. The Labute approximate surface area is 220 Å². The first-order valence-electron chi connectivity index (χ1n) is 12.3. The van der Waals surface area contributed by atoms with E-state index in [0.29, 0.717) is 23.7 Å². The molecule has 2 rings (SSSR count). The molecule has 0 aliphatic carbocycles. The Morgan fingerprint density at radius 2 is 1.67 bits per heavy atom. The highest BCUT2D eigenvalue weighted by Gasteiger charge is 2.27. The number of halogens is 1. The quantitative estimate of drug-likeness (QED) is 0.405. The van der Waals surface area contributed by atoms with Crippen molar-refractivity contribution in [1.82, 2.24) is 10.2 Å². The van der Waals surface area contributed by atoms with E-state index in [1.54, 1.807) is 25.1 Å². The van der Waals surface area contributed by atoms with Gasteiger partial charge in [-0.1, -0.05) is 62.7 Å². The van der Waals surface area contributed by atoms with E-state index < -0.39 is 16.1 Å². The number of carbonyl (C=O) groups excluding carboxylic acids is 2. The van der Waals surface area contributed by atoms with Crippen molar-refractivity contribution >= 4 is 39.1 Å². The molecule has 0 aliphatic heterocycles. The summed E-state index contributed by atoms with van der Waals surface area (Å²) in [6.45, 7) is 8.59. The van der Waals surface area contributed by atoms with Crippen LogP contribution >= 0.6 is 11.6 Å². The van der Waals surface area contributed by atoms with Crippen molar-refractivity contribution < 1.29 is 18.0 Å². The van der Waals surface area contributed by atoms with Crippen molar-refractivity contribution in [3.8, 4) is 0 Å². The first kappa shape index (κ1) is 29.6. The van der Waals surface area contributed by atoms with Crippen molar-refractivity contribution in [2.45, 2.75) is 59.5 Å². The van der Waals surface area contributed by atoms with E-state index in [0.717, 1.165) is 23.8 Å². The van der Waals surface area contributed by atoms with Crippen molar-refractivity contribution in [2.75, 3.05) is 23.7 Å². The molecule has 0 saturated carbocycles. The minimum absolute atomic E-state index is 0.0886. The lowest BCUT2D eigenvalue weighted by molar-refractivity contribution is -0.140. The number of sulfonamides is 1. The lowest BCUT2D eigenvalue weighted by atomic mass is 10.1. The second-order valence-electron chi connectivity index (χ2n) is 9.39. The molecule has 0 heterocycles. The van der Waals surface area contributed by atoms with Crippen molar-refractivity contribution in [3.63, 3.8) is 0 Å². The molecule has 2 aromatic rings. The van der Waals surface area contributed by atoms with Gasteiger partial charge in [0.2, 0.25) is 21.8 Å². The molecule has 0 bridgehead atoms. The molecule has 2 aromatic carbocycles. The maximum atomic E-state index is 13.3. The summed E-state index contributed by atoms with van der Waals surface area (Å²) >= 11 is 6.33. The number of carbonyl (C=O) groups is 2. The smallest absolute Gasteiger partial charge is 0.242 e. The summed E-state index contributed by atoms with van der Waals surface area (Å²) in [7, 11) is -3.53. The summed E-state index contributed by atoms with van der Waals surface area (Å²) in [5.74, 6) is -0.197. The van der Waals surface area contributed by atoms with Gasteiger partial charge >= 0.3 is 0 Å². The standard InChI is InChI=1S/C27H38ClN3O4S/c1-6-22-13-15-24(16-14-22)31(36(5,34)35)17-9-12-26(32)30(19-23-10-7-8-11-25(23)28)21(4)27(33)29-18-20(2)3/h7-8,10-11,13-16,20-21H,6,9,12,17-19H2,1-5H3,(H,29,33)/t21-/m0/s1. The summed E-state index contributed by atoms with van der Waals surface area (Å²) in [5, 5.41) is 3.41. The second kappa shape index (κ2) is 13.7. The summed E-state index contributed by atoms with van der Waals surface area (Å²) in [6.07, 6.45) is 2.41. The van der Waals surface area contributed by atoms with Crippen LogP contribution in [0.15, 0.2) is 48.5 Å². The van der Waals surface area contributed by atoms with Crippen LogP contribution in [-0.2, 0) is 32.6 Å². The Kier molecular flexibility index (Phi) is 11.2. The van der Waals surface area contributed by atoms with Crippen molar-refractivity contribution in [1.29, 1.82) is 0 Å². The number of hydrogen-bond acceptors (Lipinski definition) is 4. The lowest BCUT2D eigenvalue weighted by Gasteiger charge is -2.30. The van der Waals surface area contributed by atoms with Crippen LogP contribution in [0.5, 0.6) is 0 Å². The third-order valence-electron chi connectivity index (χ3n) is 5.94. The fourth-order valence-corrected chi connectivity index (χ4v) is 4.91. The molecule has 36 heavy (non-hydrogen) atoms. The van der Waals surface area contributed by atoms with Crippen LogP contribution in [0, 0.1) is 5.92 Å². The molecular formula is C27H38ClN3O4S. The summed E-state index contributed by atoms with van der Waals surface area (Å²) < 4.78 is 26.2. The monoisotopic (exact) mass is 535 g/mol. The maximum Gasteiger partial charge on any atom is 0.242 e. The second-order valence-corrected chi connectivity index (χ2v) is 11.7. The van der Waals surface area contributed by atoms with E-state index >= 15 is 0 Å². The van der Waals surface area contributed by atoms with Crippen LogP contribution in [-0.4, -0.2) is 50.5 Å². The van der Waals surface area contributed by atoms with Gasteiger partial charge in [-0.3, -0.25) is 13.9 Å². The predicted octanol–water partition coefficient (Wildman–Crippen LogP) is 4.64. The highest BCUT2D eigenvalue weighted by molar-refractivity contribution is 7.92. The normalized spacial score (nSPS) is 12.3. The van der Waals surface area contributed by atoms with Crippen LogP contribution < -0.4 is 9.62 Å². The molecule has 7 nitrogen and oxygen atoms in total. The molecule has 1 N–H and O–H groups in total. The third kappa shape index (κ3) is 8.82. The van der Waals surface area contributed by atoms with Gasteiger partial charge in [-0.25, -0.2) is 8.42 Å².